The van der Waals surface area contributed by atoms with E-state index < -0.39 is 11.6 Å². The van der Waals surface area contributed by atoms with Gasteiger partial charge < -0.3 is 15.1 Å². The van der Waals surface area contributed by atoms with E-state index in [0.29, 0.717) is 0 Å². The summed E-state index contributed by atoms with van der Waals surface area (Å²) in [7, 11) is 0. The van der Waals surface area contributed by atoms with Crippen LogP contribution in [0.5, 0.6) is 0 Å². The molecule has 0 aromatic heterocycles. The van der Waals surface area contributed by atoms with Crippen molar-refractivity contribution in [2.75, 3.05) is 13.1 Å². The zero-order valence-electron chi connectivity index (χ0n) is 8.36. The summed E-state index contributed by atoms with van der Waals surface area (Å²) in [5.74, 6) is -1.45. The molecule has 0 spiro atoms. The summed E-state index contributed by atoms with van der Waals surface area (Å²) in [6.07, 6.45) is 0.723. The molecule has 1 fully saturated rings. The average molecular weight is 201 g/mol. The van der Waals surface area contributed by atoms with Gasteiger partial charge in [-0.3, -0.25) is 4.79 Å². The van der Waals surface area contributed by atoms with E-state index in [1.54, 1.807) is 6.92 Å². The first-order valence-electron chi connectivity index (χ1n) is 4.65. The van der Waals surface area contributed by atoms with Crippen molar-refractivity contribution >= 4 is 11.9 Å². The Morgan fingerprint density at radius 3 is 2.36 bits per heavy atom. The van der Waals surface area contributed by atoms with Crippen LogP contribution in [0.3, 0.4) is 0 Å². The van der Waals surface area contributed by atoms with Crippen LogP contribution in [0.4, 0.5) is 0 Å². The molecule has 14 heavy (non-hydrogen) atoms. The topological polar surface area (TPSA) is 77.8 Å². The number of likely N-dealkylation sites (tertiary alicyclic amines) is 1. The van der Waals surface area contributed by atoms with Gasteiger partial charge in [-0.05, 0) is 6.42 Å². The third-order valence-corrected chi connectivity index (χ3v) is 2.65. The molecule has 1 amide bonds. The van der Waals surface area contributed by atoms with Crippen LogP contribution in [0.25, 0.3) is 0 Å². The SMILES string of the molecule is CC[C@H](C)C(=O)N1CC(O)(C(=O)O)C1. The number of β-amino-alcohol motifs (C(OH)–C–C–N with tert-alkyl or cyclic N) is 1. The lowest BCUT2D eigenvalue weighted by Crippen LogP contribution is -2.68. The maximum Gasteiger partial charge on any atom is 0.339 e. The molecule has 2 N–H and O–H groups in total. The summed E-state index contributed by atoms with van der Waals surface area (Å²) in [6.45, 7) is 3.50. The van der Waals surface area contributed by atoms with Crippen molar-refractivity contribution in [1.82, 2.24) is 4.90 Å². The summed E-state index contributed by atoms with van der Waals surface area (Å²) in [5.41, 5.74) is -1.72. The minimum atomic E-state index is -1.72. The quantitative estimate of drug-likeness (QED) is 0.656. The van der Waals surface area contributed by atoms with Crippen molar-refractivity contribution in [2.45, 2.75) is 25.9 Å². The van der Waals surface area contributed by atoms with Gasteiger partial charge in [0.1, 0.15) is 0 Å². The fourth-order valence-electron chi connectivity index (χ4n) is 1.36. The maximum atomic E-state index is 11.5. The van der Waals surface area contributed by atoms with Crippen molar-refractivity contribution in [3.05, 3.63) is 0 Å². The van der Waals surface area contributed by atoms with Crippen LogP contribution in [-0.2, 0) is 9.59 Å². The number of rotatable bonds is 3. The molecule has 0 aliphatic carbocycles. The Balaban J connectivity index is 2.49. The smallest absolute Gasteiger partial charge is 0.339 e. The molecule has 1 aliphatic heterocycles. The van der Waals surface area contributed by atoms with Gasteiger partial charge in [0.25, 0.3) is 0 Å². The molecule has 0 aromatic rings. The predicted molar refractivity (Wildman–Crippen MR) is 48.6 cm³/mol. The van der Waals surface area contributed by atoms with E-state index >= 15 is 0 Å². The number of hydrogen-bond donors (Lipinski definition) is 2. The monoisotopic (exact) mass is 201 g/mol. The number of hydrogen-bond acceptors (Lipinski definition) is 3. The highest BCUT2D eigenvalue weighted by Crippen LogP contribution is 2.23. The molecule has 1 heterocycles. The molecule has 5 nitrogen and oxygen atoms in total. The first kappa shape index (κ1) is 11.0. The standard InChI is InChI=1S/C9H15NO4/c1-3-6(2)7(11)10-4-9(14,5-10)8(12)13/h6,14H,3-5H2,1-2H3,(H,12,13)/t6-/m0/s1. The fraction of sp³-hybridized carbons (Fsp3) is 0.778. The summed E-state index contributed by atoms with van der Waals surface area (Å²) in [5, 5.41) is 18.0. The molecule has 1 atom stereocenters. The van der Waals surface area contributed by atoms with Crippen molar-refractivity contribution in [3.63, 3.8) is 0 Å². The number of nitrogens with zero attached hydrogens (tertiary/aromatic N) is 1. The Bertz CT molecular complexity index is 258. The molecule has 80 valence electrons. The lowest BCUT2D eigenvalue weighted by Gasteiger charge is -2.44. The Morgan fingerprint density at radius 2 is 2.00 bits per heavy atom. The minimum absolute atomic E-state index is 0.0848. The van der Waals surface area contributed by atoms with Gasteiger partial charge in [0, 0.05) is 5.92 Å². The van der Waals surface area contributed by atoms with Crippen molar-refractivity contribution in [3.8, 4) is 0 Å². The number of amides is 1. The summed E-state index contributed by atoms with van der Waals surface area (Å²) in [4.78, 5) is 23.4. The average Bonchev–Trinajstić information content (AvgIpc) is 2.10. The van der Waals surface area contributed by atoms with Crippen LogP contribution in [0, 0.1) is 5.92 Å². The van der Waals surface area contributed by atoms with Crippen molar-refractivity contribution < 1.29 is 19.8 Å². The van der Waals surface area contributed by atoms with Gasteiger partial charge in [-0.15, -0.1) is 0 Å². The Labute approximate surface area is 82.3 Å². The lowest BCUT2D eigenvalue weighted by molar-refractivity contribution is -0.183. The highest BCUT2D eigenvalue weighted by atomic mass is 16.4. The summed E-state index contributed by atoms with van der Waals surface area (Å²) >= 11 is 0. The molecule has 0 unspecified atom stereocenters. The van der Waals surface area contributed by atoms with E-state index in [2.05, 4.69) is 0 Å². The lowest BCUT2D eigenvalue weighted by atomic mass is 9.92. The molecule has 0 aromatic carbocycles. The third kappa shape index (κ3) is 1.72. The second-order valence-corrected chi connectivity index (χ2v) is 3.84. The molecule has 0 bridgehead atoms. The van der Waals surface area contributed by atoms with Gasteiger partial charge in [0.05, 0.1) is 13.1 Å². The Hall–Kier alpha value is -1.10. The van der Waals surface area contributed by atoms with E-state index in [1.165, 1.54) is 4.90 Å². The highest BCUT2D eigenvalue weighted by molar-refractivity contribution is 5.86. The zero-order valence-corrected chi connectivity index (χ0v) is 8.36. The molecule has 0 radical (unpaired) electrons. The molecular weight excluding hydrogens is 186 g/mol. The summed E-state index contributed by atoms with van der Waals surface area (Å²) < 4.78 is 0. The molecule has 5 heteroatoms. The van der Waals surface area contributed by atoms with Crippen LogP contribution < -0.4 is 0 Å². The van der Waals surface area contributed by atoms with Crippen LogP contribution in [-0.4, -0.2) is 45.7 Å². The molecule has 1 aliphatic rings. The van der Waals surface area contributed by atoms with E-state index in [1.807, 2.05) is 6.92 Å². The number of carboxylic acids is 1. The number of aliphatic hydroxyl groups is 1. The Morgan fingerprint density at radius 1 is 1.50 bits per heavy atom. The minimum Gasteiger partial charge on any atom is -0.479 e. The normalized spacial score (nSPS) is 21.2. The van der Waals surface area contributed by atoms with Crippen LogP contribution >= 0.6 is 0 Å². The predicted octanol–water partition coefficient (Wildman–Crippen LogP) is -0.310. The van der Waals surface area contributed by atoms with Gasteiger partial charge in [-0.2, -0.15) is 0 Å². The number of carbonyl (C=O) groups excluding carboxylic acids is 1. The van der Waals surface area contributed by atoms with E-state index in [9.17, 15) is 14.7 Å². The largest absolute Gasteiger partial charge is 0.479 e. The first-order valence-corrected chi connectivity index (χ1v) is 4.65. The molecule has 0 saturated carbocycles. The highest BCUT2D eigenvalue weighted by Gasteiger charge is 2.50. The van der Waals surface area contributed by atoms with Gasteiger partial charge in [0.15, 0.2) is 5.60 Å². The van der Waals surface area contributed by atoms with Gasteiger partial charge in [-0.25, -0.2) is 4.79 Å². The second-order valence-electron chi connectivity index (χ2n) is 3.84. The number of carboxylic acid groups (broad SMARTS) is 1. The summed E-state index contributed by atoms with van der Waals surface area (Å²) in [6, 6.07) is 0. The number of aliphatic carboxylic acids is 1. The molecule has 1 rings (SSSR count). The van der Waals surface area contributed by atoms with Crippen LogP contribution in [0.15, 0.2) is 0 Å². The van der Waals surface area contributed by atoms with Crippen LogP contribution in [0.1, 0.15) is 20.3 Å². The first-order chi connectivity index (χ1) is 6.40. The van der Waals surface area contributed by atoms with E-state index in [4.69, 9.17) is 5.11 Å². The molecule has 1 saturated heterocycles. The van der Waals surface area contributed by atoms with Crippen molar-refractivity contribution in [1.29, 1.82) is 0 Å². The van der Waals surface area contributed by atoms with E-state index in [0.717, 1.165) is 6.42 Å². The zero-order chi connectivity index (χ0) is 10.9. The van der Waals surface area contributed by atoms with Crippen LogP contribution in [0.2, 0.25) is 0 Å². The van der Waals surface area contributed by atoms with Crippen molar-refractivity contribution in [2.24, 2.45) is 5.92 Å². The number of carbonyl (C=O) groups is 2. The fourth-order valence-corrected chi connectivity index (χ4v) is 1.36. The van der Waals surface area contributed by atoms with Gasteiger partial charge in [-0.1, -0.05) is 13.8 Å². The third-order valence-electron chi connectivity index (χ3n) is 2.65. The van der Waals surface area contributed by atoms with Gasteiger partial charge >= 0.3 is 5.97 Å². The second kappa shape index (κ2) is 3.57. The van der Waals surface area contributed by atoms with E-state index in [-0.39, 0.29) is 24.9 Å². The van der Waals surface area contributed by atoms with Gasteiger partial charge in [0.2, 0.25) is 5.91 Å². The molecular formula is C9H15NO4. The maximum absolute atomic E-state index is 11.5. The Kier molecular flexibility index (Phi) is 2.80.